The molecule has 0 bridgehead atoms. The van der Waals surface area contributed by atoms with Crippen LogP contribution in [-0.2, 0) is 88.0 Å². The second-order valence-electron chi connectivity index (χ2n) is 23.2. The van der Waals surface area contributed by atoms with Crippen LogP contribution < -0.4 is 53.4 Å². The van der Waals surface area contributed by atoms with E-state index >= 15 is 0 Å². The number of carboxylic acid groups (broad SMARTS) is 1. The molecule has 11 atom stereocenters. The van der Waals surface area contributed by atoms with Crippen molar-refractivity contribution in [1.82, 2.24) is 52.2 Å². The molecule has 92 heavy (non-hydrogen) atoms. The van der Waals surface area contributed by atoms with Gasteiger partial charge in [0.25, 0.3) is 0 Å². The number of epoxide rings is 1. The number of benzene rings is 3. The highest BCUT2D eigenvalue weighted by molar-refractivity contribution is 6.32. The molecule has 12 N–H and O–H groups in total. The second kappa shape index (κ2) is 34.1. The first-order chi connectivity index (χ1) is 44.0. The summed E-state index contributed by atoms with van der Waals surface area (Å²) >= 11 is 6.48. The third kappa shape index (κ3) is 21.6. The van der Waals surface area contributed by atoms with Crippen LogP contribution in [0.25, 0.3) is 0 Å². The number of methoxy groups -OCH3 is 1. The highest BCUT2D eigenvalue weighted by Crippen LogP contribution is 2.45. The first kappa shape index (κ1) is 70.0. The van der Waals surface area contributed by atoms with Crippen molar-refractivity contribution in [2.45, 2.75) is 146 Å². The fourth-order valence-corrected chi connectivity index (χ4v) is 10.9. The Morgan fingerprint density at radius 2 is 1.40 bits per heavy atom. The van der Waals surface area contributed by atoms with Crippen LogP contribution in [0.15, 0.2) is 102 Å². The van der Waals surface area contributed by atoms with Crippen LogP contribution in [0.4, 0.5) is 0 Å². The molecule has 0 saturated carbocycles. The number of hydrogen-bond donors (Lipinski definition) is 10. The van der Waals surface area contributed by atoms with Crippen LogP contribution in [0.3, 0.4) is 0 Å². The number of aliphatic imine (C=N–C) groups is 1. The number of ether oxygens (including phenoxy) is 4. The number of amides is 7. The van der Waals surface area contributed by atoms with Gasteiger partial charge in [-0.15, -0.1) is 5.10 Å². The van der Waals surface area contributed by atoms with E-state index in [1.165, 1.54) is 24.1 Å². The fourth-order valence-electron chi connectivity index (χ4n) is 10.6. The van der Waals surface area contributed by atoms with E-state index in [1.807, 2.05) is 51.1 Å². The zero-order chi connectivity index (χ0) is 66.4. The summed E-state index contributed by atoms with van der Waals surface area (Å²) in [7, 11) is 1.46. The summed E-state index contributed by atoms with van der Waals surface area (Å²) in [5.41, 5.74) is 13.3. The molecule has 2 fully saturated rings. The van der Waals surface area contributed by atoms with Gasteiger partial charge in [0.05, 0.1) is 42.8 Å². The maximum atomic E-state index is 14.6. The number of guanidine groups is 1. The predicted molar refractivity (Wildman–Crippen MR) is 332 cm³/mol. The summed E-state index contributed by atoms with van der Waals surface area (Å²) in [5, 5.41) is 36.7. The normalized spacial score (nSPS) is 24.7. The van der Waals surface area contributed by atoms with Crippen molar-refractivity contribution in [3.63, 3.8) is 0 Å². The molecule has 4 heterocycles. The summed E-state index contributed by atoms with van der Waals surface area (Å²) < 4.78 is 25.1. The van der Waals surface area contributed by atoms with E-state index < -0.39 is 126 Å². The monoisotopic (exact) mass is 1290 g/mol. The number of cyclic esters (lactones) is 2. The molecule has 4 aromatic rings. The Kier molecular flexibility index (Phi) is 26.0. The van der Waals surface area contributed by atoms with E-state index in [9.17, 15) is 53.1 Å². The molecule has 494 valence electrons. The van der Waals surface area contributed by atoms with Crippen molar-refractivity contribution < 1.29 is 72.0 Å². The molecule has 2 saturated heterocycles. The number of carboxylic acids is 1. The minimum absolute atomic E-state index is 0.0188. The van der Waals surface area contributed by atoms with Gasteiger partial charge in [0.15, 0.2) is 12.1 Å². The van der Waals surface area contributed by atoms with Gasteiger partial charge in [-0.3, -0.25) is 52.8 Å². The summed E-state index contributed by atoms with van der Waals surface area (Å²) in [6.07, 6.45) is 0.549. The second-order valence-corrected chi connectivity index (χ2v) is 23.6. The lowest BCUT2D eigenvalue weighted by atomic mass is 9.93. The SMILES string of the molecule is COc1ccc(C[C@H]2NC(=O)/C=C/C[C@@H]([C@H](C)[C@H]3O[C@@H]3c3ccccc3)OC(=O)[C@H](CC(C)C)OC(=O)[C@@H](CCCn3cc(C[C@@H]4NC(=O)[C@H](Cc5ccccc5)NC(=O)[C@H](CC(=O)O)NC(=O)CNC(=O)[C@H](CCCN=C(N)N)NC4=O)nn3)CNC2=O)cc1Cl. The van der Waals surface area contributed by atoms with Crippen molar-refractivity contribution in [2.75, 3.05) is 26.7 Å². The minimum Gasteiger partial charge on any atom is -0.495 e. The van der Waals surface area contributed by atoms with Crippen LogP contribution in [0.5, 0.6) is 5.75 Å². The Labute approximate surface area is 536 Å². The Morgan fingerprint density at radius 1 is 0.750 bits per heavy atom. The molecule has 0 unspecified atom stereocenters. The van der Waals surface area contributed by atoms with E-state index in [1.54, 1.807) is 54.6 Å². The Morgan fingerprint density at radius 3 is 2.08 bits per heavy atom. The van der Waals surface area contributed by atoms with Crippen LogP contribution in [0, 0.1) is 17.8 Å². The number of aliphatic carboxylic acids is 1. The van der Waals surface area contributed by atoms with Crippen molar-refractivity contribution in [3.05, 3.63) is 125 Å². The molecule has 7 amide bonds. The van der Waals surface area contributed by atoms with Crippen molar-refractivity contribution in [1.29, 1.82) is 0 Å². The minimum atomic E-state index is -1.69. The number of carbonyl (C=O) groups excluding carboxylic acids is 9. The van der Waals surface area contributed by atoms with Gasteiger partial charge < -0.3 is 72.7 Å². The number of aryl methyl sites for hydroxylation is 1. The third-order valence-corrected chi connectivity index (χ3v) is 15.8. The number of carbonyl (C=O) groups is 10. The number of rotatable bonds is 22. The molecule has 3 aliphatic heterocycles. The number of nitrogens with zero attached hydrogens (tertiary/aromatic N) is 4. The van der Waals surface area contributed by atoms with E-state index in [0.29, 0.717) is 16.9 Å². The molecular weight excluding hydrogens is 1210 g/mol. The first-order valence-corrected chi connectivity index (χ1v) is 30.8. The molecule has 7 rings (SSSR count). The van der Waals surface area contributed by atoms with E-state index in [2.05, 4.69) is 52.5 Å². The molecule has 1 aromatic heterocycles. The maximum absolute atomic E-state index is 14.6. The molecular formula is C63H80ClN13O15. The van der Waals surface area contributed by atoms with Gasteiger partial charge in [0.2, 0.25) is 41.4 Å². The van der Waals surface area contributed by atoms with Crippen LogP contribution >= 0.6 is 11.6 Å². The fraction of sp³-hybridized carbons (Fsp3) is 0.476. The number of halogens is 1. The van der Waals surface area contributed by atoms with Gasteiger partial charge in [-0.2, -0.15) is 0 Å². The van der Waals surface area contributed by atoms with Gasteiger partial charge >= 0.3 is 17.9 Å². The largest absolute Gasteiger partial charge is 0.495 e. The van der Waals surface area contributed by atoms with Crippen LogP contribution in [0.2, 0.25) is 5.02 Å². The number of nitrogens with two attached hydrogens (primary N) is 2. The third-order valence-electron chi connectivity index (χ3n) is 15.5. The van der Waals surface area contributed by atoms with Gasteiger partial charge in [-0.25, -0.2) is 4.79 Å². The van der Waals surface area contributed by atoms with Gasteiger partial charge in [-0.05, 0) is 72.9 Å². The summed E-state index contributed by atoms with van der Waals surface area (Å²) in [6.45, 7) is 4.68. The zero-order valence-corrected chi connectivity index (χ0v) is 52.3. The lowest BCUT2D eigenvalue weighted by Crippen LogP contribution is -2.58. The molecule has 0 spiro atoms. The van der Waals surface area contributed by atoms with Gasteiger partial charge in [-0.1, -0.05) is 110 Å². The molecule has 29 heteroatoms. The topological polar surface area (TPSA) is 410 Å². The maximum Gasteiger partial charge on any atom is 0.347 e. The van der Waals surface area contributed by atoms with E-state index in [-0.39, 0.29) is 112 Å². The average molecular weight is 1290 g/mol. The molecule has 0 radical (unpaired) electrons. The first-order valence-electron chi connectivity index (χ1n) is 30.4. The van der Waals surface area contributed by atoms with Crippen LogP contribution in [0.1, 0.15) is 94.2 Å². The standard InChI is InChI=1S/C63H80ClN13O15/c1-35(2)26-50-62(88)90-48(36(3)54-55(92-54)39-16-9-6-10-17-39)20-11-21-51(78)70-44(29-38-22-23-49(89-4)42(64)27-38)57(83)68-32-40(61(87)91-50)18-13-25-77-34-41(75-76-77)30-46-59(85)72-43(19-12-24-67-63(65)66)56(82)69-33-52(79)71-47(31-53(80)81)60(86)73-45(58(84)74-46)28-37-14-7-5-8-15-37/h5-11,14-17,21-23,27,34-36,40,43-48,50,54-55H,12-13,18-20,24-26,28-33H2,1-4H3,(H,68,83)(H,69,82)(H,70,78)(H,71,79)(H,72,85)(H,73,86)(H,74,84)(H,80,81)(H4,65,66,67)/b21-11+/t36-,40-,43-,44+,45-,46-,47-,48-,50-,54+,55+/m0/s1. The van der Waals surface area contributed by atoms with Gasteiger partial charge in [0, 0.05) is 57.4 Å². The van der Waals surface area contributed by atoms with Crippen molar-refractivity contribution in [2.24, 2.45) is 34.2 Å². The molecule has 3 aliphatic rings. The summed E-state index contributed by atoms with van der Waals surface area (Å²) in [6, 6.07) is 15.8. The highest BCUT2D eigenvalue weighted by Gasteiger charge is 2.48. The van der Waals surface area contributed by atoms with Crippen molar-refractivity contribution in [3.8, 4) is 5.75 Å². The number of esters is 2. The Balaban J connectivity index is 1.14. The summed E-state index contributed by atoms with van der Waals surface area (Å²) in [5.74, 6) is -10.4. The zero-order valence-electron chi connectivity index (χ0n) is 51.5. The quantitative estimate of drug-likeness (QED) is 0.0174. The predicted octanol–water partition coefficient (Wildman–Crippen LogP) is 1.17. The van der Waals surface area contributed by atoms with Gasteiger partial charge in [0.1, 0.15) is 48.2 Å². The Bertz CT molecular complexity index is 3310. The Hall–Kier alpha value is -9.44. The average Bonchev–Trinajstić information content (AvgIpc) is 1.87. The summed E-state index contributed by atoms with van der Waals surface area (Å²) in [4.78, 5) is 142. The number of nitrogens with one attached hydrogen (secondary N) is 7. The molecule has 28 nitrogen and oxygen atoms in total. The lowest BCUT2D eigenvalue weighted by molar-refractivity contribution is -0.176. The van der Waals surface area contributed by atoms with Crippen molar-refractivity contribution >= 4 is 76.8 Å². The van der Waals surface area contributed by atoms with E-state index in [0.717, 1.165) is 5.56 Å². The molecule has 0 aliphatic carbocycles. The van der Waals surface area contributed by atoms with Crippen LogP contribution in [-0.4, -0.2) is 161 Å². The highest BCUT2D eigenvalue weighted by atomic mass is 35.5. The van der Waals surface area contributed by atoms with E-state index in [4.69, 9.17) is 42.0 Å². The smallest absolute Gasteiger partial charge is 0.347 e. The molecule has 3 aromatic carbocycles. The number of hydrogen-bond acceptors (Lipinski definition) is 17. The number of aromatic nitrogens is 3. The lowest BCUT2D eigenvalue weighted by Gasteiger charge is -2.27.